The van der Waals surface area contributed by atoms with Crippen LogP contribution in [0.15, 0.2) is 21.9 Å². The summed E-state index contributed by atoms with van der Waals surface area (Å²) >= 11 is 0. The van der Waals surface area contributed by atoms with Gasteiger partial charge >= 0.3 is 0 Å². The predicted octanol–water partition coefficient (Wildman–Crippen LogP) is 4.50. The molecule has 1 aliphatic carbocycles. The monoisotopic (exact) mass is 308 g/mol. The van der Waals surface area contributed by atoms with Gasteiger partial charge in [0.15, 0.2) is 8.24 Å². The summed E-state index contributed by atoms with van der Waals surface area (Å²) in [5.74, 6) is 0. The van der Waals surface area contributed by atoms with Gasteiger partial charge in [-0.1, -0.05) is 32.5 Å². The fourth-order valence-electron chi connectivity index (χ4n) is 4.26. The van der Waals surface area contributed by atoms with Gasteiger partial charge in [-0.25, -0.2) is 0 Å². The first kappa shape index (κ1) is 18.7. The quantitative estimate of drug-likeness (QED) is 0.753. The molecule has 0 saturated heterocycles. The molecular weight excluding hydrogens is 272 g/mol. The molecule has 0 saturated carbocycles. The van der Waals surface area contributed by atoms with E-state index in [9.17, 15) is 0 Å². The van der Waals surface area contributed by atoms with Crippen LogP contribution in [0, 0.1) is 0 Å². The first-order chi connectivity index (χ1) is 9.46. The maximum atomic E-state index is 3.94. The van der Waals surface area contributed by atoms with Crippen LogP contribution in [0.4, 0.5) is 0 Å². The molecule has 0 aromatic carbocycles. The van der Waals surface area contributed by atoms with E-state index in [1.54, 1.807) is 16.3 Å². The Labute approximate surface area is 133 Å². The molecule has 1 atom stereocenters. The van der Waals surface area contributed by atoms with Gasteiger partial charge in [0.25, 0.3) is 0 Å². The Morgan fingerprint density at radius 3 is 1.86 bits per heavy atom. The minimum atomic E-state index is -1.64. The van der Waals surface area contributed by atoms with E-state index in [-0.39, 0.29) is 5.54 Å². The molecule has 0 fully saturated rings. The average Bonchev–Trinajstić information content (AvgIpc) is 2.52. The molecule has 0 aromatic heterocycles. The van der Waals surface area contributed by atoms with Crippen molar-refractivity contribution in [2.45, 2.75) is 80.1 Å². The van der Waals surface area contributed by atoms with E-state index in [1.165, 1.54) is 5.57 Å². The Morgan fingerprint density at radius 1 is 1.00 bits per heavy atom. The Hall–Kier alpha value is -0.383. The van der Waals surface area contributed by atoms with Crippen molar-refractivity contribution in [1.29, 1.82) is 0 Å². The number of likely N-dealkylation sites (N-methyl/N-ethyl adjacent to an activating group) is 1. The first-order valence-electron chi connectivity index (χ1n) is 8.38. The molecule has 1 N–H and O–H groups in total. The zero-order valence-electron chi connectivity index (χ0n) is 15.9. The van der Waals surface area contributed by atoms with Crippen molar-refractivity contribution < 1.29 is 0 Å². The van der Waals surface area contributed by atoms with E-state index in [2.05, 4.69) is 78.4 Å². The largest absolute Gasteiger partial charge is 0.329 e. The SMILES string of the molecule is CCN(CC)C1C(C)=C(C)C([Si](C)(C)NC(C)(C)C)=C1C. The molecule has 0 bridgehead atoms. The van der Waals surface area contributed by atoms with Gasteiger partial charge in [0.2, 0.25) is 0 Å². The highest BCUT2D eigenvalue weighted by molar-refractivity contribution is 6.83. The average molecular weight is 309 g/mol. The summed E-state index contributed by atoms with van der Waals surface area (Å²) in [7, 11) is -1.64. The topological polar surface area (TPSA) is 15.3 Å². The highest BCUT2D eigenvalue weighted by atomic mass is 28.3. The zero-order valence-corrected chi connectivity index (χ0v) is 16.9. The second kappa shape index (κ2) is 6.39. The van der Waals surface area contributed by atoms with E-state index < -0.39 is 8.24 Å². The molecule has 21 heavy (non-hydrogen) atoms. The van der Waals surface area contributed by atoms with Gasteiger partial charge in [-0.05, 0) is 71.0 Å². The van der Waals surface area contributed by atoms with Gasteiger partial charge in [0.05, 0.1) is 6.04 Å². The van der Waals surface area contributed by atoms with Crippen LogP contribution in [-0.2, 0) is 0 Å². The summed E-state index contributed by atoms with van der Waals surface area (Å²) in [5.41, 5.74) is 4.85. The van der Waals surface area contributed by atoms with Crippen molar-refractivity contribution in [3.05, 3.63) is 21.9 Å². The van der Waals surface area contributed by atoms with E-state index in [0.717, 1.165) is 13.1 Å². The number of hydrogen-bond donors (Lipinski definition) is 1. The molecule has 0 amide bonds. The predicted molar refractivity (Wildman–Crippen MR) is 98.2 cm³/mol. The lowest BCUT2D eigenvalue weighted by Crippen LogP contribution is -2.56. The van der Waals surface area contributed by atoms with Crippen molar-refractivity contribution in [1.82, 2.24) is 9.88 Å². The van der Waals surface area contributed by atoms with Crippen LogP contribution in [0.2, 0.25) is 13.1 Å². The Morgan fingerprint density at radius 2 is 1.48 bits per heavy atom. The van der Waals surface area contributed by atoms with Crippen LogP contribution in [0.1, 0.15) is 55.4 Å². The Kier molecular flexibility index (Phi) is 5.68. The molecule has 2 nitrogen and oxygen atoms in total. The molecule has 0 radical (unpaired) electrons. The summed E-state index contributed by atoms with van der Waals surface area (Å²) < 4.78 is 0. The normalized spacial score (nSPS) is 21.0. The van der Waals surface area contributed by atoms with Gasteiger partial charge in [-0.2, -0.15) is 0 Å². The number of allylic oxidation sites excluding steroid dienone is 2. The second-order valence-electron chi connectivity index (χ2n) is 7.99. The molecule has 0 heterocycles. The van der Waals surface area contributed by atoms with Crippen molar-refractivity contribution in [2.75, 3.05) is 13.1 Å². The van der Waals surface area contributed by atoms with Crippen molar-refractivity contribution >= 4 is 8.24 Å². The van der Waals surface area contributed by atoms with Gasteiger partial charge in [0, 0.05) is 5.54 Å². The molecule has 0 aliphatic heterocycles. The third-order valence-corrected chi connectivity index (χ3v) is 8.07. The number of nitrogens with one attached hydrogen (secondary N) is 1. The van der Waals surface area contributed by atoms with E-state index in [1.807, 2.05) is 0 Å². The number of rotatable bonds is 5. The zero-order chi connectivity index (χ0) is 16.6. The van der Waals surface area contributed by atoms with Gasteiger partial charge < -0.3 is 4.98 Å². The fraction of sp³-hybridized carbons (Fsp3) is 0.778. The molecule has 1 rings (SSSR count). The summed E-state index contributed by atoms with van der Waals surface area (Å²) in [6, 6.07) is 0.517. The summed E-state index contributed by atoms with van der Waals surface area (Å²) in [5, 5.41) is 1.65. The highest BCUT2D eigenvalue weighted by Gasteiger charge is 2.39. The molecule has 1 aliphatic rings. The third-order valence-electron chi connectivity index (χ3n) is 4.67. The van der Waals surface area contributed by atoms with Crippen LogP contribution in [0.25, 0.3) is 0 Å². The third kappa shape index (κ3) is 3.88. The van der Waals surface area contributed by atoms with Crippen molar-refractivity contribution in [2.24, 2.45) is 0 Å². The Balaban J connectivity index is 3.28. The minimum Gasteiger partial charge on any atom is -0.329 e. The number of hydrogen-bond acceptors (Lipinski definition) is 2. The van der Waals surface area contributed by atoms with Gasteiger partial charge in [-0.15, -0.1) is 0 Å². The van der Waals surface area contributed by atoms with Crippen molar-refractivity contribution in [3.8, 4) is 0 Å². The van der Waals surface area contributed by atoms with Crippen LogP contribution in [-0.4, -0.2) is 37.8 Å². The lowest BCUT2D eigenvalue weighted by molar-refractivity contribution is 0.272. The smallest absolute Gasteiger partial charge is 0.152 e. The van der Waals surface area contributed by atoms with Gasteiger partial charge in [0.1, 0.15) is 0 Å². The van der Waals surface area contributed by atoms with Gasteiger partial charge in [-0.3, -0.25) is 4.90 Å². The molecule has 1 unspecified atom stereocenters. The highest BCUT2D eigenvalue weighted by Crippen LogP contribution is 2.39. The molecule has 0 spiro atoms. The summed E-state index contributed by atoms with van der Waals surface area (Å²) in [6.45, 7) is 25.5. The van der Waals surface area contributed by atoms with E-state index in [4.69, 9.17) is 0 Å². The molecule has 0 aromatic rings. The lowest BCUT2D eigenvalue weighted by atomic mass is 10.0. The standard InChI is InChI=1S/C18H36N2Si/c1-11-20(12-2)16-13(3)14(4)17(15(16)5)21(9,10)19-18(6,7)8/h16,19H,11-12H2,1-10H3. The van der Waals surface area contributed by atoms with E-state index >= 15 is 0 Å². The van der Waals surface area contributed by atoms with Crippen LogP contribution >= 0.6 is 0 Å². The van der Waals surface area contributed by atoms with Crippen LogP contribution < -0.4 is 4.98 Å². The van der Waals surface area contributed by atoms with Crippen molar-refractivity contribution in [3.63, 3.8) is 0 Å². The van der Waals surface area contributed by atoms with E-state index in [0.29, 0.717) is 6.04 Å². The molecule has 3 heteroatoms. The summed E-state index contributed by atoms with van der Waals surface area (Å²) in [4.78, 5) is 6.53. The maximum Gasteiger partial charge on any atom is 0.152 e. The first-order valence-corrected chi connectivity index (χ1v) is 11.4. The maximum absolute atomic E-state index is 3.94. The fourth-order valence-corrected chi connectivity index (χ4v) is 8.51. The minimum absolute atomic E-state index is 0.171. The van der Waals surface area contributed by atoms with Crippen LogP contribution in [0.3, 0.4) is 0 Å². The van der Waals surface area contributed by atoms with Crippen LogP contribution in [0.5, 0.6) is 0 Å². The second-order valence-corrected chi connectivity index (χ2v) is 12.0. The molecule has 122 valence electrons. The molecular formula is C18H36N2Si. The summed E-state index contributed by atoms with van der Waals surface area (Å²) in [6.07, 6.45) is 0. The number of nitrogens with zero attached hydrogens (tertiary/aromatic N) is 1. The lowest BCUT2D eigenvalue weighted by Gasteiger charge is -2.36. The Bertz CT molecular complexity index is 448.